The predicted octanol–water partition coefficient (Wildman–Crippen LogP) is 5.44. The van der Waals surface area contributed by atoms with Crippen LogP contribution in [0.5, 0.6) is 0 Å². The van der Waals surface area contributed by atoms with Gasteiger partial charge < -0.3 is 0 Å². The molecule has 0 aliphatic carbocycles. The van der Waals surface area contributed by atoms with Crippen LogP contribution in [0, 0.1) is 0 Å². The molecule has 0 N–H and O–H groups in total. The van der Waals surface area contributed by atoms with Crippen LogP contribution in [0.3, 0.4) is 0 Å². The summed E-state index contributed by atoms with van der Waals surface area (Å²) >= 11 is 18.9. The van der Waals surface area contributed by atoms with Crippen LogP contribution in [0.2, 0.25) is 0 Å². The average Bonchev–Trinajstić information content (AvgIpc) is 2.09. The van der Waals surface area contributed by atoms with Crippen LogP contribution in [0.25, 0.3) is 0 Å². The van der Waals surface area contributed by atoms with Crippen molar-refractivity contribution in [3.8, 4) is 0 Å². The lowest BCUT2D eigenvalue weighted by atomic mass is 11.0. The van der Waals surface area contributed by atoms with Gasteiger partial charge in [-0.3, -0.25) is 23.5 Å². The topological polar surface area (TPSA) is 0 Å². The highest BCUT2D eigenvalue weighted by atomic mass is 32.1. The maximum Gasteiger partial charge on any atom is -0.0126 e. The molecule has 0 fully saturated rings. The van der Waals surface area contributed by atoms with E-state index in [0.29, 0.717) is 0 Å². The van der Waals surface area contributed by atoms with E-state index in [0.717, 1.165) is 28.8 Å². The van der Waals surface area contributed by atoms with Crippen molar-refractivity contribution in [2.75, 3.05) is 28.8 Å². The maximum absolute atomic E-state index is 3.79. The zero-order valence-electron chi connectivity index (χ0n) is 12.8. The Morgan fingerprint density at radius 1 is 0.350 bits per heavy atom. The fourth-order valence-electron chi connectivity index (χ4n) is 0. The normalized spacial score (nSPS) is 4.50. The highest BCUT2D eigenvalue weighted by Crippen LogP contribution is 1.59. The second-order valence-electron chi connectivity index (χ2n) is 1.58. The van der Waals surface area contributed by atoms with Gasteiger partial charge in [0, 0.05) is 0 Å². The highest BCUT2D eigenvalue weighted by Gasteiger charge is 1.36. The van der Waals surface area contributed by atoms with Crippen LogP contribution < -0.4 is 0 Å². The summed E-state index contributed by atoms with van der Waals surface area (Å²) in [6.45, 7) is 9.95. The Kier molecular flexibility index (Phi) is 642. The fourth-order valence-corrected chi connectivity index (χ4v) is 0. The second-order valence-corrected chi connectivity index (χ2v) is 4.74. The van der Waals surface area contributed by atoms with Crippen molar-refractivity contribution < 1.29 is 23.5 Å². The number of hydrogen-bond donors (Lipinski definition) is 5. The van der Waals surface area contributed by atoms with E-state index in [9.17, 15) is 0 Å². The summed E-state index contributed by atoms with van der Waals surface area (Å²) in [5.41, 5.74) is 0. The van der Waals surface area contributed by atoms with E-state index in [4.69, 9.17) is 0 Å². The number of rotatable bonds is 0. The van der Waals surface area contributed by atoms with Gasteiger partial charge in [-0.25, -0.2) is 0 Å². The molecule has 0 amide bonds. The first kappa shape index (κ1) is 68.5. The van der Waals surface area contributed by atoms with Crippen molar-refractivity contribution in [1.82, 2.24) is 0 Å². The van der Waals surface area contributed by atoms with E-state index >= 15 is 0 Å². The van der Waals surface area contributed by atoms with Gasteiger partial charge in [-0.05, 0) is 28.8 Å². The highest BCUT2D eigenvalue weighted by molar-refractivity contribution is 7.80. The lowest BCUT2D eigenvalue weighted by Gasteiger charge is -1.48. The number of thiol groups is 5. The third kappa shape index (κ3) is 3350. The lowest BCUT2D eigenvalue weighted by Crippen LogP contribution is -1.36. The van der Waals surface area contributed by atoms with Crippen LogP contribution in [0.1, 0.15) is 34.6 Å². The molecule has 0 heterocycles. The first-order valence-electron chi connectivity index (χ1n) is 5.12. The van der Waals surface area contributed by atoms with Gasteiger partial charge in [-0.1, -0.05) is 34.6 Å². The van der Waals surface area contributed by atoms with Gasteiger partial charge in [0.2, 0.25) is 0 Å². The van der Waals surface area contributed by atoms with E-state index in [-0.39, 0.29) is 23.5 Å². The van der Waals surface area contributed by atoms with Crippen molar-refractivity contribution >= 4 is 63.1 Å². The SMILES string of the molecule is CCS.CCS.CCS.CCS.CCS.F.F.F.F.F. The molecule has 0 saturated heterocycles. The second kappa shape index (κ2) is 187. The number of halogens is 5. The van der Waals surface area contributed by atoms with Crippen molar-refractivity contribution in [2.24, 2.45) is 0 Å². The molecule has 0 spiro atoms. The molecule has 10 heteroatoms. The van der Waals surface area contributed by atoms with Crippen molar-refractivity contribution in [3.05, 3.63) is 0 Å². The van der Waals surface area contributed by atoms with Crippen LogP contribution in [-0.4, -0.2) is 28.8 Å². The van der Waals surface area contributed by atoms with Gasteiger partial charge >= 0.3 is 0 Å². The minimum absolute atomic E-state index is 0. The third-order valence-corrected chi connectivity index (χ3v) is 0. The van der Waals surface area contributed by atoms with Crippen LogP contribution in [-0.2, 0) is 0 Å². The summed E-state index contributed by atoms with van der Waals surface area (Å²) in [6, 6.07) is 0. The van der Waals surface area contributed by atoms with E-state index in [1.165, 1.54) is 0 Å². The Bertz CT molecular complexity index is 41.6. The van der Waals surface area contributed by atoms with Crippen LogP contribution in [0.4, 0.5) is 23.5 Å². The van der Waals surface area contributed by atoms with E-state index < -0.39 is 0 Å². The van der Waals surface area contributed by atoms with Crippen molar-refractivity contribution in [3.63, 3.8) is 0 Å². The Hall–Kier alpha value is 1.40. The van der Waals surface area contributed by atoms with E-state index in [2.05, 4.69) is 63.1 Å². The third-order valence-electron chi connectivity index (χ3n) is 0. The molecule has 0 radical (unpaired) electrons. The summed E-state index contributed by atoms with van der Waals surface area (Å²) in [6.07, 6.45) is 0. The molecule has 20 heavy (non-hydrogen) atoms. The molecule has 0 aromatic rings. The fraction of sp³-hybridized carbons (Fsp3) is 1.00. The van der Waals surface area contributed by atoms with Gasteiger partial charge in [0.05, 0.1) is 0 Å². The van der Waals surface area contributed by atoms with Gasteiger partial charge in [0.25, 0.3) is 0 Å². The average molecular weight is 411 g/mol. The Morgan fingerprint density at radius 2 is 0.350 bits per heavy atom. The Morgan fingerprint density at radius 3 is 0.350 bits per heavy atom. The zero-order valence-corrected chi connectivity index (χ0v) is 17.3. The predicted molar refractivity (Wildman–Crippen MR) is 110 cm³/mol. The molecule has 140 valence electrons. The molecule has 0 aliphatic rings. The lowest BCUT2D eigenvalue weighted by molar-refractivity contribution is 1.11. The number of hydrogen-bond acceptors (Lipinski definition) is 5. The molecule has 0 nitrogen and oxygen atoms in total. The van der Waals surface area contributed by atoms with E-state index in [1.807, 2.05) is 34.6 Å². The molecule has 0 saturated carbocycles. The maximum atomic E-state index is 3.79. The van der Waals surface area contributed by atoms with Gasteiger partial charge in [0.15, 0.2) is 0 Å². The summed E-state index contributed by atoms with van der Waals surface area (Å²) < 4.78 is 0. The van der Waals surface area contributed by atoms with Gasteiger partial charge in [-0.2, -0.15) is 63.1 Å². The monoisotopic (exact) mass is 410 g/mol. The first-order chi connectivity index (χ1) is 7.07. The summed E-state index contributed by atoms with van der Waals surface area (Å²) in [5, 5.41) is 0. The van der Waals surface area contributed by atoms with E-state index in [1.54, 1.807) is 0 Å². The molecule has 0 aliphatic heterocycles. The van der Waals surface area contributed by atoms with Crippen LogP contribution >= 0.6 is 63.1 Å². The smallest absolute Gasteiger partial charge is 0.0126 e. The molecular weight excluding hydrogens is 375 g/mol. The van der Waals surface area contributed by atoms with Gasteiger partial charge in [0.1, 0.15) is 0 Å². The molecule has 0 rings (SSSR count). The minimum atomic E-state index is 0. The molecular formula is C10H35F5S5. The Labute approximate surface area is 149 Å². The molecule has 0 aromatic heterocycles. The largest absolute Gasteiger partial charge is 0.269 e. The molecule has 0 atom stereocenters. The molecule has 0 bridgehead atoms. The molecule has 0 unspecified atom stereocenters. The standard InChI is InChI=1S/5C2H6S.5FH/c5*1-2-3;;;;;/h5*3H,2H2,1H3;5*1H. The van der Waals surface area contributed by atoms with Crippen LogP contribution in [0.15, 0.2) is 0 Å². The zero-order chi connectivity index (χ0) is 13.5. The van der Waals surface area contributed by atoms with Crippen molar-refractivity contribution in [1.29, 1.82) is 0 Å². The molecule has 0 aromatic carbocycles. The van der Waals surface area contributed by atoms with Gasteiger partial charge in [-0.15, -0.1) is 0 Å². The first-order valence-corrected chi connectivity index (χ1v) is 8.28. The summed E-state index contributed by atoms with van der Waals surface area (Å²) in [4.78, 5) is 0. The quantitative estimate of drug-likeness (QED) is 0.255. The minimum Gasteiger partial charge on any atom is -0.269 e. The summed E-state index contributed by atoms with van der Waals surface area (Å²) in [5.74, 6) is 4.72. The Balaban J connectivity index is -0.00000000735. The van der Waals surface area contributed by atoms with Crippen molar-refractivity contribution in [2.45, 2.75) is 34.6 Å². The summed E-state index contributed by atoms with van der Waals surface area (Å²) in [7, 11) is 0.